The molecule has 1 saturated carbocycles. The van der Waals surface area contributed by atoms with E-state index < -0.39 is 35.0 Å². The van der Waals surface area contributed by atoms with Gasteiger partial charge in [-0.3, -0.25) is 9.59 Å². The van der Waals surface area contributed by atoms with E-state index in [1.807, 2.05) is 0 Å². The number of carbonyl (C=O) groups excluding carboxylic acids is 1. The van der Waals surface area contributed by atoms with E-state index in [1.54, 1.807) is 0 Å². The van der Waals surface area contributed by atoms with E-state index in [1.165, 1.54) is 32.1 Å². The Bertz CT molecular complexity index is 597. The first kappa shape index (κ1) is 26.0. The Morgan fingerprint density at radius 2 is 1.75 bits per heavy atom. The lowest BCUT2D eigenvalue weighted by Gasteiger charge is -2.15. The topological polar surface area (TPSA) is 132 Å². The number of carboxylic acids is 1. The fourth-order valence-corrected chi connectivity index (χ4v) is 2.40. The summed E-state index contributed by atoms with van der Waals surface area (Å²) in [6.45, 7) is 0.604. The maximum atomic E-state index is 12.4. The molecule has 0 spiro atoms. The van der Waals surface area contributed by atoms with Gasteiger partial charge in [0, 0.05) is 6.04 Å². The molecule has 0 aromatic heterocycles. The zero-order valence-corrected chi connectivity index (χ0v) is 15.9. The number of unbranched alkanes of at least 4 members (excludes halogenated alkanes) is 1. The fraction of sp³-hybridized carbons (Fsp3) is 0.579. The molecule has 0 bridgehead atoms. The third kappa shape index (κ3) is 11.0. The molecule has 1 fully saturated rings. The lowest BCUT2D eigenvalue weighted by atomic mass is 9.97. The normalized spacial score (nSPS) is 14.8. The summed E-state index contributed by atoms with van der Waals surface area (Å²) in [5.41, 5.74) is 15.6. The van der Waals surface area contributed by atoms with Gasteiger partial charge >= 0.3 is 5.97 Å². The van der Waals surface area contributed by atoms with Crippen molar-refractivity contribution in [3.63, 3.8) is 0 Å². The Balaban J connectivity index is 0.000000400. The standard InChI is InChI=1S/C7H3F3O.C6H14N2O2.C6H13N/c8-5-2-1-4(3-11)6(9)7(5)10;7-4-2-1-3-5(8)6(9)10;7-6-4-2-1-3-5-6/h1-3H;5H,1-4,7-8H2,(H,9,10);6H,1-5,7H2. The van der Waals surface area contributed by atoms with Crippen molar-refractivity contribution in [3.05, 3.63) is 35.1 Å². The van der Waals surface area contributed by atoms with Crippen molar-refractivity contribution in [3.8, 4) is 0 Å². The van der Waals surface area contributed by atoms with E-state index in [2.05, 4.69) is 0 Å². The monoisotopic (exact) mass is 405 g/mol. The molecule has 1 aromatic carbocycles. The van der Waals surface area contributed by atoms with Crippen LogP contribution in [0, 0.1) is 17.5 Å². The molecule has 1 aromatic rings. The summed E-state index contributed by atoms with van der Waals surface area (Å²) in [6.07, 6.45) is 8.95. The van der Waals surface area contributed by atoms with E-state index in [4.69, 9.17) is 22.3 Å². The van der Waals surface area contributed by atoms with Gasteiger partial charge in [-0.25, -0.2) is 13.2 Å². The minimum Gasteiger partial charge on any atom is -0.480 e. The summed E-state index contributed by atoms with van der Waals surface area (Å²) in [5.74, 6) is -5.29. The summed E-state index contributed by atoms with van der Waals surface area (Å²) in [5, 5.41) is 8.33. The number of benzene rings is 1. The molecule has 1 atom stereocenters. The molecule has 0 saturated heterocycles. The largest absolute Gasteiger partial charge is 0.480 e. The van der Waals surface area contributed by atoms with Gasteiger partial charge in [-0.05, 0) is 44.4 Å². The number of carbonyl (C=O) groups is 2. The van der Waals surface area contributed by atoms with Crippen molar-refractivity contribution in [1.82, 2.24) is 0 Å². The highest BCUT2D eigenvalue weighted by atomic mass is 19.2. The molecule has 0 radical (unpaired) electrons. The molecule has 7 N–H and O–H groups in total. The van der Waals surface area contributed by atoms with Crippen LogP contribution in [0.25, 0.3) is 0 Å². The molecule has 1 aliphatic carbocycles. The average Bonchev–Trinajstić information content (AvgIpc) is 2.68. The highest BCUT2D eigenvalue weighted by Gasteiger charge is 2.12. The van der Waals surface area contributed by atoms with E-state index in [9.17, 15) is 22.8 Å². The van der Waals surface area contributed by atoms with Crippen molar-refractivity contribution in [2.45, 2.75) is 63.5 Å². The van der Waals surface area contributed by atoms with Gasteiger partial charge < -0.3 is 22.3 Å². The van der Waals surface area contributed by atoms with Gasteiger partial charge in [0.1, 0.15) is 6.04 Å². The number of aldehydes is 1. The second kappa shape index (κ2) is 15.0. The lowest BCUT2D eigenvalue weighted by molar-refractivity contribution is -0.138. The summed E-state index contributed by atoms with van der Waals surface area (Å²) >= 11 is 0. The Morgan fingerprint density at radius 3 is 2.18 bits per heavy atom. The smallest absolute Gasteiger partial charge is 0.320 e. The summed E-state index contributed by atoms with van der Waals surface area (Å²) in [7, 11) is 0. The van der Waals surface area contributed by atoms with Crippen LogP contribution in [-0.4, -0.2) is 36.0 Å². The van der Waals surface area contributed by atoms with E-state index >= 15 is 0 Å². The first-order valence-electron chi connectivity index (χ1n) is 9.27. The van der Waals surface area contributed by atoms with Crippen LogP contribution in [0.1, 0.15) is 61.7 Å². The molecule has 1 aliphatic rings. The second-order valence-corrected chi connectivity index (χ2v) is 6.51. The van der Waals surface area contributed by atoms with Gasteiger partial charge in [-0.2, -0.15) is 0 Å². The van der Waals surface area contributed by atoms with Crippen molar-refractivity contribution >= 4 is 12.3 Å². The number of hydrogen-bond donors (Lipinski definition) is 4. The van der Waals surface area contributed by atoms with Gasteiger partial charge in [-0.15, -0.1) is 0 Å². The van der Waals surface area contributed by atoms with Gasteiger partial charge in [0.05, 0.1) is 5.56 Å². The van der Waals surface area contributed by atoms with Crippen LogP contribution in [0.4, 0.5) is 13.2 Å². The van der Waals surface area contributed by atoms with Crippen LogP contribution in [-0.2, 0) is 4.79 Å². The van der Waals surface area contributed by atoms with Gasteiger partial charge in [0.25, 0.3) is 0 Å². The molecule has 2 rings (SSSR count). The second-order valence-electron chi connectivity index (χ2n) is 6.51. The lowest BCUT2D eigenvalue weighted by Crippen LogP contribution is -2.29. The summed E-state index contributed by atoms with van der Waals surface area (Å²) in [6, 6.07) is 1.39. The third-order valence-electron chi connectivity index (χ3n) is 4.13. The van der Waals surface area contributed by atoms with Crippen LogP contribution in [0.2, 0.25) is 0 Å². The fourth-order valence-electron chi connectivity index (χ4n) is 2.40. The van der Waals surface area contributed by atoms with Crippen LogP contribution in [0.15, 0.2) is 12.1 Å². The van der Waals surface area contributed by atoms with Gasteiger partial charge in [0.2, 0.25) is 0 Å². The van der Waals surface area contributed by atoms with Crippen LogP contribution in [0.3, 0.4) is 0 Å². The first-order valence-corrected chi connectivity index (χ1v) is 9.27. The van der Waals surface area contributed by atoms with Gasteiger partial charge in [-0.1, -0.05) is 25.7 Å². The third-order valence-corrected chi connectivity index (χ3v) is 4.13. The number of nitrogens with two attached hydrogens (primary N) is 3. The maximum Gasteiger partial charge on any atom is 0.320 e. The Hall–Kier alpha value is -1.97. The molecular weight excluding hydrogens is 375 g/mol. The Labute approximate surface area is 163 Å². The highest BCUT2D eigenvalue weighted by molar-refractivity contribution is 5.75. The zero-order valence-electron chi connectivity index (χ0n) is 15.9. The molecule has 1 unspecified atom stereocenters. The number of rotatable bonds is 6. The number of halogens is 3. The van der Waals surface area contributed by atoms with E-state index in [-0.39, 0.29) is 6.29 Å². The molecule has 0 aliphatic heterocycles. The number of hydrogen-bond acceptors (Lipinski definition) is 5. The summed E-state index contributed by atoms with van der Waals surface area (Å²) < 4.78 is 36.9. The highest BCUT2D eigenvalue weighted by Crippen LogP contribution is 2.15. The van der Waals surface area contributed by atoms with Crippen molar-refractivity contribution < 1.29 is 27.9 Å². The quantitative estimate of drug-likeness (QED) is 0.327. The summed E-state index contributed by atoms with van der Waals surface area (Å²) in [4.78, 5) is 20.1. The first-order chi connectivity index (χ1) is 13.2. The van der Waals surface area contributed by atoms with Gasteiger partial charge in [0.15, 0.2) is 23.7 Å². The molecule has 6 nitrogen and oxygen atoms in total. The minimum atomic E-state index is -1.62. The Kier molecular flexibility index (Phi) is 14.0. The molecule has 160 valence electrons. The zero-order chi connectivity index (χ0) is 21.5. The Morgan fingerprint density at radius 1 is 1.14 bits per heavy atom. The molecule has 0 heterocycles. The SMILES string of the molecule is NC1CCCCC1.NCCCCC(N)C(=O)O.O=Cc1ccc(F)c(F)c1F. The van der Waals surface area contributed by atoms with Crippen LogP contribution in [0.5, 0.6) is 0 Å². The van der Waals surface area contributed by atoms with Crippen molar-refractivity contribution in [2.75, 3.05) is 6.54 Å². The predicted molar refractivity (Wildman–Crippen MR) is 101 cm³/mol. The number of carboxylic acid groups (broad SMARTS) is 1. The molecule has 9 heteroatoms. The maximum absolute atomic E-state index is 12.4. The van der Waals surface area contributed by atoms with Crippen molar-refractivity contribution in [2.24, 2.45) is 17.2 Å². The molecule has 0 amide bonds. The van der Waals surface area contributed by atoms with E-state index in [0.29, 0.717) is 25.1 Å². The average molecular weight is 405 g/mol. The predicted octanol–water partition coefficient (Wildman–Crippen LogP) is 2.72. The molecular formula is C19H30F3N3O3. The van der Waals surface area contributed by atoms with Crippen molar-refractivity contribution in [1.29, 1.82) is 0 Å². The van der Waals surface area contributed by atoms with Crippen LogP contribution >= 0.6 is 0 Å². The molecule has 28 heavy (non-hydrogen) atoms. The number of aliphatic carboxylic acids is 1. The van der Waals surface area contributed by atoms with E-state index in [0.717, 1.165) is 18.9 Å². The minimum absolute atomic E-state index is 0.123. The van der Waals surface area contributed by atoms with Crippen LogP contribution < -0.4 is 17.2 Å².